The fourth-order valence-electron chi connectivity index (χ4n) is 1.62. The summed E-state index contributed by atoms with van der Waals surface area (Å²) in [6, 6.07) is 10.2. The number of benzene rings is 1. The lowest BCUT2D eigenvalue weighted by Crippen LogP contribution is -2.29. The van der Waals surface area contributed by atoms with Crippen LogP contribution in [0.3, 0.4) is 0 Å². The third-order valence-electron chi connectivity index (χ3n) is 2.92. The molecule has 19 heavy (non-hydrogen) atoms. The quantitative estimate of drug-likeness (QED) is 0.768. The first-order valence-corrected chi connectivity index (χ1v) is 7.79. The van der Waals surface area contributed by atoms with Gasteiger partial charge in [-0.1, -0.05) is 44.2 Å². The maximum atomic E-state index is 11.7. The maximum Gasteiger partial charge on any atom is 0.230 e. The SMILES string of the molecule is CC(CO)CSCC(=O)NCC(C)c1ccccc1. The molecular formula is C15H23NO2S. The molecule has 0 saturated heterocycles. The highest BCUT2D eigenvalue weighted by atomic mass is 32.2. The predicted octanol–water partition coefficient (Wildman–Crippen LogP) is 2.27. The Labute approximate surface area is 119 Å². The summed E-state index contributed by atoms with van der Waals surface area (Å²) < 4.78 is 0. The van der Waals surface area contributed by atoms with E-state index < -0.39 is 0 Å². The summed E-state index contributed by atoms with van der Waals surface area (Å²) in [7, 11) is 0. The van der Waals surface area contributed by atoms with E-state index in [2.05, 4.69) is 24.4 Å². The first-order chi connectivity index (χ1) is 9.13. The Morgan fingerprint density at radius 1 is 1.32 bits per heavy atom. The molecule has 0 aliphatic heterocycles. The largest absolute Gasteiger partial charge is 0.396 e. The summed E-state index contributed by atoms with van der Waals surface area (Å²) in [5.74, 6) is 1.93. The van der Waals surface area contributed by atoms with E-state index in [4.69, 9.17) is 5.11 Å². The van der Waals surface area contributed by atoms with Crippen LogP contribution in [0.15, 0.2) is 30.3 Å². The smallest absolute Gasteiger partial charge is 0.230 e. The van der Waals surface area contributed by atoms with Crippen molar-refractivity contribution in [3.8, 4) is 0 Å². The molecule has 1 rings (SSSR count). The molecule has 0 bridgehead atoms. The van der Waals surface area contributed by atoms with E-state index in [-0.39, 0.29) is 18.4 Å². The van der Waals surface area contributed by atoms with Gasteiger partial charge >= 0.3 is 0 Å². The molecule has 106 valence electrons. The summed E-state index contributed by atoms with van der Waals surface area (Å²) in [6.45, 7) is 4.93. The summed E-state index contributed by atoms with van der Waals surface area (Å²) in [4.78, 5) is 11.7. The van der Waals surface area contributed by atoms with Gasteiger partial charge in [0.1, 0.15) is 0 Å². The molecule has 0 fully saturated rings. The highest BCUT2D eigenvalue weighted by molar-refractivity contribution is 7.99. The second-order valence-electron chi connectivity index (χ2n) is 4.92. The molecule has 0 aromatic heterocycles. The Bertz CT molecular complexity index is 370. The van der Waals surface area contributed by atoms with Gasteiger partial charge in [0.15, 0.2) is 0 Å². The van der Waals surface area contributed by atoms with Crippen molar-refractivity contribution in [2.45, 2.75) is 19.8 Å². The molecule has 1 aromatic carbocycles. The number of carbonyl (C=O) groups excluding carboxylic acids is 1. The number of nitrogens with one attached hydrogen (secondary N) is 1. The fraction of sp³-hybridized carbons (Fsp3) is 0.533. The van der Waals surface area contributed by atoms with E-state index in [1.54, 1.807) is 11.8 Å². The Morgan fingerprint density at radius 3 is 2.63 bits per heavy atom. The Morgan fingerprint density at radius 2 is 2.00 bits per heavy atom. The molecule has 0 radical (unpaired) electrons. The predicted molar refractivity (Wildman–Crippen MR) is 81.4 cm³/mol. The molecule has 0 aliphatic carbocycles. The van der Waals surface area contributed by atoms with Gasteiger partial charge in [0.2, 0.25) is 5.91 Å². The number of rotatable bonds is 8. The van der Waals surface area contributed by atoms with Crippen LogP contribution in [-0.4, -0.2) is 35.7 Å². The highest BCUT2D eigenvalue weighted by Crippen LogP contribution is 2.13. The number of hydrogen-bond donors (Lipinski definition) is 2. The molecule has 0 saturated carbocycles. The minimum atomic E-state index is 0.0675. The van der Waals surface area contributed by atoms with Crippen molar-refractivity contribution in [2.24, 2.45) is 5.92 Å². The molecule has 1 aromatic rings. The Balaban J connectivity index is 2.20. The third-order valence-corrected chi connectivity index (χ3v) is 4.19. The van der Waals surface area contributed by atoms with Crippen molar-refractivity contribution in [2.75, 3.05) is 24.7 Å². The number of aliphatic hydroxyl groups excluding tert-OH is 1. The number of thioether (sulfide) groups is 1. The van der Waals surface area contributed by atoms with Crippen LogP contribution >= 0.6 is 11.8 Å². The maximum absolute atomic E-state index is 11.7. The average Bonchev–Trinajstić information content (AvgIpc) is 2.45. The molecule has 3 nitrogen and oxygen atoms in total. The zero-order valence-electron chi connectivity index (χ0n) is 11.6. The van der Waals surface area contributed by atoms with Crippen molar-refractivity contribution in [1.82, 2.24) is 5.32 Å². The average molecular weight is 281 g/mol. The summed E-state index contributed by atoms with van der Waals surface area (Å²) in [6.07, 6.45) is 0. The second-order valence-corrected chi connectivity index (χ2v) is 5.95. The van der Waals surface area contributed by atoms with Crippen LogP contribution in [-0.2, 0) is 4.79 Å². The van der Waals surface area contributed by atoms with Crippen molar-refractivity contribution in [1.29, 1.82) is 0 Å². The van der Waals surface area contributed by atoms with Crippen LogP contribution in [0.5, 0.6) is 0 Å². The standard InChI is InChI=1S/C15H23NO2S/c1-12(9-17)10-19-11-15(18)16-8-13(2)14-6-4-3-5-7-14/h3-7,12-13,17H,8-11H2,1-2H3,(H,16,18). The van der Waals surface area contributed by atoms with Gasteiger partial charge in [-0.3, -0.25) is 4.79 Å². The normalized spacial score (nSPS) is 13.8. The van der Waals surface area contributed by atoms with Gasteiger partial charge in [0.05, 0.1) is 5.75 Å². The molecular weight excluding hydrogens is 258 g/mol. The topological polar surface area (TPSA) is 49.3 Å². The van der Waals surface area contributed by atoms with E-state index in [1.165, 1.54) is 5.56 Å². The number of hydrogen-bond acceptors (Lipinski definition) is 3. The molecule has 2 unspecified atom stereocenters. The van der Waals surface area contributed by atoms with Crippen LogP contribution in [0.4, 0.5) is 0 Å². The van der Waals surface area contributed by atoms with Crippen LogP contribution in [0.1, 0.15) is 25.3 Å². The molecule has 0 heterocycles. The monoisotopic (exact) mass is 281 g/mol. The van der Waals surface area contributed by atoms with Gasteiger partial charge in [-0.15, -0.1) is 0 Å². The van der Waals surface area contributed by atoms with Gasteiger partial charge in [-0.05, 0) is 23.2 Å². The van der Waals surface area contributed by atoms with E-state index in [1.807, 2.05) is 25.1 Å². The van der Waals surface area contributed by atoms with Crippen molar-refractivity contribution in [3.63, 3.8) is 0 Å². The first kappa shape index (κ1) is 16.1. The number of amides is 1. The van der Waals surface area contributed by atoms with Crippen LogP contribution in [0.2, 0.25) is 0 Å². The molecule has 0 aliphatic rings. The van der Waals surface area contributed by atoms with E-state index in [9.17, 15) is 4.79 Å². The summed E-state index contributed by atoms with van der Waals surface area (Å²) in [5, 5.41) is 11.8. The zero-order chi connectivity index (χ0) is 14.1. The van der Waals surface area contributed by atoms with Gasteiger partial charge < -0.3 is 10.4 Å². The molecule has 0 spiro atoms. The fourth-order valence-corrected chi connectivity index (χ4v) is 2.54. The number of aliphatic hydroxyl groups is 1. The third kappa shape index (κ3) is 6.64. The van der Waals surface area contributed by atoms with Crippen molar-refractivity contribution >= 4 is 17.7 Å². The molecule has 2 atom stereocenters. The van der Waals surface area contributed by atoms with Crippen LogP contribution in [0.25, 0.3) is 0 Å². The molecule has 1 amide bonds. The lowest BCUT2D eigenvalue weighted by molar-refractivity contribution is -0.118. The summed E-state index contributed by atoms with van der Waals surface area (Å²) in [5.41, 5.74) is 1.24. The van der Waals surface area contributed by atoms with Crippen LogP contribution < -0.4 is 5.32 Å². The summed E-state index contributed by atoms with van der Waals surface area (Å²) >= 11 is 1.57. The van der Waals surface area contributed by atoms with Crippen molar-refractivity contribution in [3.05, 3.63) is 35.9 Å². The second kappa shape index (κ2) is 8.99. The number of carbonyl (C=O) groups is 1. The van der Waals surface area contributed by atoms with E-state index >= 15 is 0 Å². The zero-order valence-corrected chi connectivity index (χ0v) is 12.5. The minimum absolute atomic E-state index is 0.0675. The Kier molecular flexibility index (Phi) is 7.60. The van der Waals surface area contributed by atoms with Gasteiger partial charge in [-0.2, -0.15) is 11.8 Å². The van der Waals surface area contributed by atoms with Crippen LogP contribution in [0, 0.1) is 5.92 Å². The highest BCUT2D eigenvalue weighted by Gasteiger charge is 2.08. The van der Waals surface area contributed by atoms with E-state index in [0.29, 0.717) is 18.2 Å². The van der Waals surface area contributed by atoms with E-state index in [0.717, 1.165) is 5.75 Å². The van der Waals surface area contributed by atoms with Crippen molar-refractivity contribution < 1.29 is 9.90 Å². The molecule has 4 heteroatoms. The minimum Gasteiger partial charge on any atom is -0.396 e. The van der Waals surface area contributed by atoms with Gasteiger partial charge in [0.25, 0.3) is 0 Å². The lowest BCUT2D eigenvalue weighted by Gasteiger charge is -2.13. The Hall–Kier alpha value is -1.00. The van der Waals surface area contributed by atoms with Gasteiger partial charge in [-0.25, -0.2) is 0 Å². The van der Waals surface area contributed by atoms with Gasteiger partial charge in [0, 0.05) is 13.2 Å². The molecule has 2 N–H and O–H groups in total. The first-order valence-electron chi connectivity index (χ1n) is 6.63. The lowest BCUT2D eigenvalue weighted by atomic mass is 10.0.